The van der Waals surface area contributed by atoms with Gasteiger partial charge in [-0.25, -0.2) is 0 Å². The van der Waals surface area contributed by atoms with Crippen LogP contribution in [0.3, 0.4) is 0 Å². The number of amides is 1. The highest BCUT2D eigenvalue weighted by Gasteiger charge is 2.08. The average Bonchev–Trinajstić information content (AvgIpc) is 2.26. The molecule has 5 nitrogen and oxygen atoms in total. The van der Waals surface area contributed by atoms with Gasteiger partial charge < -0.3 is 20.5 Å². The van der Waals surface area contributed by atoms with Crippen LogP contribution < -0.4 is 20.5 Å². The van der Waals surface area contributed by atoms with Crippen LogP contribution in [0.1, 0.15) is 13.8 Å². The van der Waals surface area contributed by atoms with E-state index in [2.05, 4.69) is 5.32 Å². The van der Waals surface area contributed by atoms with Crippen molar-refractivity contribution in [1.29, 1.82) is 0 Å². The van der Waals surface area contributed by atoms with Crippen LogP contribution in [-0.2, 0) is 4.79 Å². The number of benzene rings is 1. The van der Waals surface area contributed by atoms with Gasteiger partial charge >= 0.3 is 0 Å². The van der Waals surface area contributed by atoms with E-state index in [1.54, 1.807) is 18.2 Å². The molecule has 0 bridgehead atoms. The van der Waals surface area contributed by atoms with Crippen LogP contribution in [0.5, 0.6) is 11.5 Å². The Bertz CT molecular complexity index is 391. The van der Waals surface area contributed by atoms with Gasteiger partial charge in [-0.15, -0.1) is 0 Å². The molecule has 94 valence electrons. The average molecular weight is 238 g/mol. The van der Waals surface area contributed by atoms with Crippen molar-refractivity contribution in [2.45, 2.75) is 19.9 Å². The van der Waals surface area contributed by atoms with Gasteiger partial charge in [-0.05, 0) is 26.0 Å². The number of methoxy groups -OCH3 is 1. The third-order valence-electron chi connectivity index (χ3n) is 2.00. The summed E-state index contributed by atoms with van der Waals surface area (Å²) >= 11 is 0. The highest BCUT2D eigenvalue weighted by atomic mass is 16.5. The maximum Gasteiger partial charge on any atom is 0.258 e. The summed E-state index contributed by atoms with van der Waals surface area (Å²) in [5, 5.41) is 2.73. The SMILES string of the molecule is COc1cc(N)ccc1OCC(=O)NC(C)C. The second kappa shape index (κ2) is 5.98. The quantitative estimate of drug-likeness (QED) is 0.755. The maximum absolute atomic E-state index is 11.4. The molecule has 0 radical (unpaired) electrons. The zero-order valence-corrected chi connectivity index (χ0v) is 10.3. The van der Waals surface area contributed by atoms with Gasteiger partial charge in [0.1, 0.15) is 0 Å². The zero-order chi connectivity index (χ0) is 12.8. The fourth-order valence-corrected chi connectivity index (χ4v) is 1.31. The topological polar surface area (TPSA) is 73.6 Å². The highest BCUT2D eigenvalue weighted by Crippen LogP contribution is 2.28. The van der Waals surface area contributed by atoms with Crippen molar-refractivity contribution in [3.8, 4) is 11.5 Å². The molecule has 1 amide bonds. The molecule has 0 fully saturated rings. The van der Waals surface area contributed by atoms with Crippen molar-refractivity contribution in [2.75, 3.05) is 19.5 Å². The smallest absolute Gasteiger partial charge is 0.258 e. The largest absolute Gasteiger partial charge is 0.493 e. The Morgan fingerprint density at radius 1 is 1.41 bits per heavy atom. The molecule has 3 N–H and O–H groups in total. The van der Waals surface area contributed by atoms with E-state index in [0.717, 1.165) is 0 Å². The lowest BCUT2D eigenvalue weighted by Gasteiger charge is -2.12. The molecule has 0 saturated heterocycles. The van der Waals surface area contributed by atoms with Crippen LogP contribution in [0.4, 0.5) is 5.69 Å². The van der Waals surface area contributed by atoms with E-state index in [4.69, 9.17) is 15.2 Å². The van der Waals surface area contributed by atoms with Crippen LogP contribution in [0.25, 0.3) is 0 Å². The first-order valence-electron chi connectivity index (χ1n) is 5.38. The Balaban J connectivity index is 2.60. The minimum Gasteiger partial charge on any atom is -0.493 e. The molecule has 17 heavy (non-hydrogen) atoms. The molecule has 1 aromatic rings. The number of ether oxygens (including phenoxy) is 2. The number of hydrogen-bond acceptors (Lipinski definition) is 4. The molecule has 0 heterocycles. The van der Waals surface area contributed by atoms with Crippen LogP contribution in [0, 0.1) is 0 Å². The maximum atomic E-state index is 11.4. The lowest BCUT2D eigenvalue weighted by atomic mass is 10.3. The van der Waals surface area contributed by atoms with E-state index in [0.29, 0.717) is 17.2 Å². The van der Waals surface area contributed by atoms with Crippen molar-refractivity contribution < 1.29 is 14.3 Å². The van der Waals surface area contributed by atoms with Gasteiger partial charge in [0.2, 0.25) is 0 Å². The van der Waals surface area contributed by atoms with Crippen molar-refractivity contribution in [2.24, 2.45) is 0 Å². The third kappa shape index (κ3) is 4.22. The van der Waals surface area contributed by atoms with Gasteiger partial charge in [-0.2, -0.15) is 0 Å². The molecular weight excluding hydrogens is 220 g/mol. The number of rotatable bonds is 5. The number of nitrogen functional groups attached to an aromatic ring is 1. The van der Waals surface area contributed by atoms with Crippen molar-refractivity contribution in [3.05, 3.63) is 18.2 Å². The fraction of sp³-hybridized carbons (Fsp3) is 0.417. The van der Waals surface area contributed by atoms with E-state index in [1.807, 2.05) is 13.8 Å². The first-order valence-corrected chi connectivity index (χ1v) is 5.38. The first-order chi connectivity index (χ1) is 8.02. The summed E-state index contributed by atoms with van der Waals surface area (Å²) in [4.78, 5) is 11.4. The summed E-state index contributed by atoms with van der Waals surface area (Å²) in [6, 6.07) is 5.12. The lowest BCUT2D eigenvalue weighted by molar-refractivity contribution is -0.123. The summed E-state index contributed by atoms with van der Waals surface area (Å²) in [6.07, 6.45) is 0. The Morgan fingerprint density at radius 3 is 2.71 bits per heavy atom. The van der Waals surface area contributed by atoms with E-state index in [-0.39, 0.29) is 18.6 Å². The fourth-order valence-electron chi connectivity index (χ4n) is 1.31. The molecule has 1 rings (SSSR count). The standard InChI is InChI=1S/C12H18N2O3/c1-8(2)14-12(15)7-17-10-5-4-9(13)6-11(10)16-3/h4-6,8H,7,13H2,1-3H3,(H,14,15). The summed E-state index contributed by atoms with van der Waals surface area (Å²) in [6.45, 7) is 3.74. The number of nitrogens with two attached hydrogens (primary N) is 1. The Morgan fingerprint density at radius 2 is 2.12 bits per heavy atom. The number of carbonyl (C=O) groups excluding carboxylic acids is 1. The Kier molecular flexibility index (Phi) is 4.63. The molecule has 5 heteroatoms. The van der Waals surface area contributed by atoms with Gasteiger partial charge in [-0.1, -0.05) is 0 Å². The second-order valence-corrected chi connectivity index (χ2v) is 3.92. The number of carbonyl (C=O) groups is 1. The molecule has 0 aromatic heterocycles. The van der Waals surface area contributed by atoms with Gasteiger partial charge in [-0.3, -0.25) is 4.79 Å². The van der Waals surface area contributed by atoms with Gasteiger partial charge in [0, 0.05) is 17.8 Å². The third-order valence-corrected chi connectivity index (χ3v) is 2.00. The molecule has 0 saturated carbocycles. The van der Waals surface area contributed by atoms with Crippen LogP contribution in [-0.4, -0.2) is 25.7 Å². The minimum absolute atomic E-state index is 0.0432. The predicted octanol–water partition coefficient (Wildman–Crippen LogP) is 1.18. The van der Waals surface area contributed by atoms with E-state index >= 15 is 0 Å². The summed E-state index contributed by atoms with van der Waals surface area (Å²) < 4.78 is 10.5. The first kappa shape index (κ1) is 13.2. The van der Waals surface area contributed by atoms with E-state index in [1.165, 1.54) is 7.11 Å². The lowest BCUT2D eigenvalue weighted by Crippen LogP contribution is -2.34. The molecule has 1 aromatic carbocycles. The van der Waals surface area contributed by atoms with Crippen molar-refractivity contribution >= 4 is 11.6 Å². The van der Waals surface area contributed by atoms with Gasteiger partial charge in [0.25, 0.3) is 5.91 Å². The molecule has 0 unspecified atom stereocenters. The minimum atomic E-state index is -0.168. The van der Waals surface area contributed by atoms with Crippen LogP contribution in [0.2, 0.25) is 0 Å². The Labute approximate surface area is 101 Å². The van der Waals surface area contributed by atoms with Crippen molar-refractivity contribution in [1.82, 2.24) is 5.32 Å². The molecule has 0 aliphatic rings. The van der Waals surface area contributed by atoms with Gasteiger partial charge in [0.15, 0.2) is 18.1 Å². The van der Waals surface area contributed by atoms with E-state index < -0.39 is 0 Å². The molecule has 0 atom stereocenters. The molecule has 0 aliphatic heterocycles. The number of anilines is 1. The van der Waals surface area contributed by atoms with E-state index in [9.17, 15) is 4.79 Å². The number of nitrogens with one attached hydrogen (secondary N) is 1. The van der Waals surface area contributed by atoms with Gasteiger partial charge in [0.05, 0.1) is 7.11 Å². The van der Waals surface area contributed by atoms with Crippen molar-refractivity contribution in [3.63, 3.8) is 0 Å². The summed E-state index contributed by atoms with van der Waals surface area (Å²) in [7, 11) is 1.52. The Hall–Kier alpha value is -1.91. The van der Waals surface area contributed by atoms with Crippen LogP contribution in [0.15, 0.2) is 18.2 Å². The zero-order valence-electron chi connectivity index (χ0n) is 10.3. The monoisotopic (exact) mass is 238 g/mol. The summed E-state index contributed by atoms with van der Waals surface area (Å²) in [5.74, 6) is 0.849. The molecule has 0 aliphatic carbocycles. The molecular formula is C12H18N2O3. The number of hydrogen-bond donors (Lipinski definition) is 2. The summed E-state index contributed by atoms with van der Waals surface area (Å²) in [5.41, 5.74) is 6.19. The normalized spacial score (nSPS) is 10.1. The second-order valence-electron chi connectivity index (χ2n) is 3.92. The predicted molar refractivity (Wildman–Crippen MR) is 66.2 cm³/mol. The van der Waals surface area contributed by atoms with Crippen LogP contribution >= 0.6 is 0 Å². The highest BCUT2D eigenvalue weighted by molar-refractivity contribution is 5.77. The molecule has 0 spiro atoms.